The van der Waals surface area contributed by atoms with Crippen LogP contribution in [0.2, 0.25) is 0 Å². The fourth-order valence-corrected chi connectivity index (χ4v) is 3.54. The second-order valence-corrected chi connectivity index (χ2v) is 6.67. The first-order chi connectivity index (χ1) is 12.3. The maximum atomic E-state index is 12.5. The topological polar surface area (TPSA) is 45.2 Å². The SMILES string of the molecule is CCC1CCCCN1c1cncc(C(=O)NCCc2ccccc2)c1. The lowest BCUT2D eigenvalue weighted by Crippen LogP contribution is -2.39. The molecule has 1 N–H and O–H groups in total. The number of carbonyl (C=O) groups is 1. The van der Waals surface area contributed by atoms with Gasteiger partial charge in [0.15, 0.2) is 0 Å². The van der Waals surface area contributed by atoms with Crippen LogP contribution in [-0.2, 0) is 6.42 Å². The molecule has 3 rings (SSSR count). The van der Waals surface area contributed by atoms with Crippen LogP contribution >= 0.6 is 0 Å². The summed E-state index contributed by atoms with van der Waals surface area (Å²) >= 11 is 0. The van der Waals surface area contributed by atoms with Gasteiger partial charge in [-0.05, 0) is 43.7 Å². The van der Waals surface area contributed by atoms with Crippen LogP contribution in [0.4, 0.5) is 5.69 Å². The monoisotopic (exact) mass is 337 g/mol. The lowest BCUT2D eigenvalue weighted by molar-refractivity contribution is 0.0954. The van der Waals surface area contributed by atoms with E-state index in [0.717, 1.165) is 25.1 Å². The number of hydrogen-bond acceptors (Lipinski definition) is 3. The summed E-state index contributed by atoms with van der Waals surface area (Å²) in [6.07, 6.45) is 9.24. The quantitative estimate of drug-likeness (QED) is 0.871. The van der Waals surface area contributed by atoms with Crippen molar-refractivity contribution >= 4 is 11.6 Å². The minimum atomic E-state index is -0.0460. The highest BCUT2D eigenvalue weighted by Crippen LogP contribution is 2.26. The molecular weight excluding hydrogens is 310 g/mol. The van der Waals surface area contributed by atoms with Gasteiger partial charge in [-0.3, -0.25) is 9.78 Å². The molecular formula is C21H27N3O. The Morgan fingerprint density at radius 3 is 2.88 bits per heavy atom. The van der Waals surface area contributed by atoms with Gasteiger partial charge in [0.1, 0.15) is 0 Å². The van der Waals surface area contributed by atoms with Crippen LogP contribution in [0.1, 0.15) is 48.5 Å². The molecule has 1 aromatic carbocycles. The zero-order valence-electron chi connectivity index (χ0n) is 14.9. The molecule has 0 bridgehead atoms. The van der Waals surface area contributed by atoms with Gasteiger partial charge in [0.25, 0.3) is 5.91 Å². The molecule has 2 heterocycles. The van der Waals surface area contributed by atoms with Crippen LogP contribution in [0.5, 0.6) is 0 Å². The van der Waals surface area contributed by atoms with E-state index in [9.17, 15) is 4.79 Å². The van der Waals surface area contributed by atoms with Gasteiger partial charge in [-0.15, -0.1) is 0 Å². The van der Waals surface area contributed by atoms with Gasteiger partial charge in [0.05, 0.1) is 17.4 Å². The van der Waals surface area contributed by atoms with E-state index in [-0.39, 0.29) is 5.91 Å². The Labute approximate surface area is 150 Å². The summed E-state index contributed by atoms with van der Waals surface area (Å²) in [5.41, 5.74) is 2.95. The van der Waals surface area contributed by atoms with Crippen molar-refractivity contribution in [3.05, 3.63) is 59.9 Å². The van der Waals surface area contributed by atoms with Crippen molar-refractivity contribution in [1.82, 2.24) is 10.3 Å². The smallest absolute Gasteiger partial charge is 0.252 e. The zero-order valence-corrected chi connectivity index (χ0v) is 14.9. The summed E-state index contributed by atoms with van der Waals surface area (Å²) < 4.78 is 0. The molecule has 4 heteroatoms. The number of amides is 1. The molecule has 0 spiro atoms. The number of aromatic nitrogens is 1. The predicted molar refractivity (Wildman–Crippen MR) is 102 cm³/mol. The number of hydrogen-bond donors (Lipinski definition) is 1. The Kier molecular flexibility index (Phi) is 6.04. The fourth-order valence-electron chi connectivity index (χ4n) is 3.54. The number of anilines is 1. The van der Waals surface area contributed by atoms with Gasteiger partial charge in [-0.1, -0.05) is 37.3 Å². The number of rotatable bonds is 6. The van der Waals surface area contributed by atoms with Crippen LogP contribution in [0.25, 0.3) is 0 Å². The second kappa shape index (κ2) is 8.65. The molecule has 4 nitrogen and oxygen atoms in total. The van der Waals surface area contributed by atoms with E-state index in [1.807, 2.05) is 30.5 Å². The van der Waals surface area contributed by atoms with E-state index in [4.69, 9.17) is 0 Å². The van der Waals surface area contributed by atoms with E-state index < -0.39 is 0 Å². The summed E-state index contributed by atoms with van der Waals surface area (Å²) in [5, 5.41) is 3.01. The molecule has 1 atom stereocenters. The number of carbonyl (C=O) groups excluding carboxylic acids is 1. The number of pyridine rings is 1. The molecule has 132 valence electrons. The lowest BCUT2D eigenvalue weighted by atomic mass is 9.99. The first-order valence-electron chi connectivity index (χ1n) is 9.31. The Hall–Kier alpha value is -2.36. The first-order valence-corrected chi connectivity index (χ1v) is 9.31. The third-order valence-corrected chi connectivity index (χ3v) is 4.96. The minimum absolute atomic E-state index is 0.0460. The molecule has 1 unspecified atom stereocenters. The average Bonchev–Trinajstić information content (AvgIpc) is 2.69. The van der Waals surface area contributed by atoms with Crippen molar-refractivity contribution in [2.75, 3.05) is 18.0 Å². The Morgan fingerprint density at radius 2 is 2.08 bits per heavy atom. The largest absolute Gasteiger partial charge is 0.367 e. The summed E-state index contributed by atoms with van der Waals surface area (Å²) in [6, 6.07) is 12.8. The molecule has 1 amide bonds. The van der Waals surface area contributed by atoms with E-state index >= 15 is 0 Å². The molecule has 1 aliphatic rings. The Bertz CT molecular complexity index is 687. The van der Waals surface area contributed by atoms with Gasteiger partial charge in [0.2, 0.25) is 0 Å². The maximum absolute atomic E-state index is 12.5. The molecule has 0 saturated carbocycles. The van der Waals surface area contributed by atoms with Gasteiger partial charge in [-0.2, -0.15) is 0 Å². The van der Waals surface area contributed by atoms with Crippen molar-refractivity contribution in [2.24, 2.45) is 0 Å². The Morgan fingerprint density at radius 1 is 1.24 bits per heavy atom. The number of benzene rings is 1. The number of nitrogens with zero attached hydrogens (tertiary/aromatic N) is 2. The summed E-state index contributed by atoms with van der Waals surface area (Å²) in [7, 11) is 0. The van der Waals surface area contributed by atoms with E-state index in [1.165, 1.54) is 24.8 Å². The number of nitrogens with one attached hydrogen (secondary N) is 1. The van der Waals surface area contributed by atoms with Crippen molar-refractivity contribution in [2.45, 2.75) is 45.1 Å². The molecule has 2 aromatic rings. The van der Waals surface area contributed by atoms with Crippen LogP contribution in [0.15, 0.2) is 48.8 Å². The molecule has 0 aliphatic carbocycles. The fraction of sp³-hybridized carbons (Fsp3) is 0.429. The third kappa shape index (κ3) is 4.59. The van der Waals surface area contributed by atoms with Gasteiger partial charge < -0.3 is 10.2 Å². The van der Waals surface area contributed by atoms with Crippen LogP contribution in [0, 0.1) is 0 Å². The zero-order chi connectivity index (χ0) is 17.5. The van der Waals surface area contributed by atoms with Crippen molar-refractivity contribution in [3.63, 3.8) is 0 Å². The van der Waals surface area contributed by atoms with Gasteiger partial charge in [0, 0.05) is 25.3 Å². The highest BCUT2D eigenvalue weighted by molar-refractivity contribution is 5.94. The van der Waals surface area contributed by atoms with E-state index in [0.29, 0.717) is 18.2 Å². The van der Waals surface area contributed by atoms with Crippen LogP contribution in [-0.4, -0.2) is 30.0 Å². The first kappa shape index (κ1) is 17.5. The van der Waals surface area contributed by atoms with Gasteiger partial charge >= 0.3 is 0 Å². The van der Waals surface area contributed by atoms with Crippen LogP contribution < -0.4 is 10.2 Å². The normalized spacial score (nSPS) is 17.3. The van der Waals surface area contributed by atoms with E-state index in [1.54, 1.807) is 6.20 Å². The standard InChI is InChI=1S/C21H27N3O/c1-2-19-10-6-7-13-24(19)20-14-18(15-22-16-20)21(25)23-12-11-17-8-4-3-5-9-17/h3-5,8-9,14-16,19H,2,6-7,10-13H2,1H3,(H,23,25). The van der Waals surface area contributed by atoms with Crippen molar-refractivity contribution in [3.8, 4) is 0 Å². The summed E-state index contributed by atoms with van der Waals surface area (Å²) in [5.74, 6) is -0.0460. The van der Waals surface area contributed by atoms with Gasteiger partial charge in [-0.25, -0.2) is 0 Å². The maximum Gasteiger partial charge on any atom is 0.252 e. The highest BCUT2D eigenvalue weighted by Gasteiger charge is 2.22. The average molecular weight is 337 g/mol. The van der Waals surface area contributed by atoms with Crippen molar-refractivity contribution < 1.29 is 4.79 Å². The second-order valence-electron chi connectivity index (χ2n) is 6.67. The molecule has 1 fully saturated rings. The Balaban J connectivity index is 1.61. The number of piperidine rings is 1. The highest BCUT2D eigenvalue weighted by atomic mass is 16.1. The minimum Gasteiger partial charge on any atom is -0.367 e. The predicted octanol–water partition coefficient (Wildman–Crippen LogP) is 3.82. The van der Waals surface area contributed by atoms with E-state index in [2.05, 4.69) is 34.3 Å². The third-order valence-electron chi connectivity index (χ3n) is 4.96. The molecule has 0 radical (unpaired) electrons. The molecule has 1 aliphatic heterocycles. The van der Waals surface area contributed by atoms with Crippen LogP contribution in [0.3, 0.4) is 0 Å². The summed E-state index contributed by atoms with van der Waals surface area (Å²) in [6.45, 7) is 3.92. The molecule has 25 heavy (non-hydrogen) atoms. The summed E-state index contributed by atoms with van der Waals surface area (Å²) in [4.78, 5) is 19.2. The van der Waals surface area contributed by atoms with Crippen molar-refractivity contribution in [1.29, 1.82) is 0 Å². The molecule has 1 aromatic heterocycles. The molecule has 1 saturated heterocycles. The lowest BCUT2D eigenvalue weighted by Gasteiger charge is -2.37.